The number of hydrogen-bond donors (Lipinski definition) is 1. The lowest BCUT2D eigenvalue weighted by Crippen LogP contribution is -2.15. The predicted octanol–water partition coefficient (Wildman–Crippen LogP) is 12.1. The van der Waals surface area contributed by atoms with Gasteiger partial charge in [-0.15, -0.1) is 0 Å². The quantitative estimate of drug-likeness (QED) is 0.314. The minimum Gasteiger partial charge on any atom is -0.381 e. The van der Waals surface area contributed by atoms with Crippen molar-refractivity contribution in [1.29, 1.82) is 0 Å². The Morgan fingerprint density at radius 1 is 0.822 bits per heavy atom. The van der Waals surface area contributed by atoms with Crippen molar-refractivity contribution in [3.8, 4) is 0 Å². The maximum absolute atomic E-state index is 10.7. The smallest absolute Gasteiger partial charge is 0.264 e. The molecule has 1 aliphatic rings. The number of pyridine rings is 1. The van der Waals surface area contributed by atoms with E-state index in [-0.39, 0.29) is 5.56 Å². The average molecular weight is 628 g/mol. The van der Waals surface area contributed by atoms with Gasteiger partial charge in [-0.05, 0) is 83.6 Å². The van der Waals surface area contributed by atoms with Crippen LogP contribution in [0.5, 0.6) is 0 Å². The van der Waals surface area contributed by atoms with E-state index in [0.29, 0.717) is 12.0 Å². The fraction of sp³-hybridized carbons (Fsp3) is 0.600. The number of aryl methyl sites for hydroxylation is 3. The fourth-order valence-electron chi connectivity index (χ4n) is 3.77. The van der Waals surface area contributed by atoms with Crippen LogP contribution in [0.15, 0.2) is 59.4 Å². The number of rotatable bonds is 3. The van der Waals surface area contributed by atoms with Crippen LogP contribution in [-0.2, 0) is 4.74 Å². The van der Waals surface area contributed by atoms with Crippen LogP contribution in [0.2, 0.25) is 0 Å². The molecule has 1 aromatic carbocycles. The molecule has 3 aromatic rings. The summed E-state index contributed by atoms with van der Waals surface area (Å²) in [6.45, 7) is 36.5. The second-order valence-corrected chi connectivity index (χ2v) is 10.4. The van der Waals surface area contributed by atoms with Crippen LogP contribution in [-0.4, -0.2) is 28.0 Å². The highest BCUT2D eigenvalue weighted by atomic mass is 16.5. The van der Waals surface area contributed by atoms with E-state index in [2.05, 4.69) is 86.3 Å². The first-order valence-corrected chi connectivity index (χ1v) is 17.5. The Morgan fingerprint density at radius 3 is 1.71 bits per heavy atom. The number of aromatic nitrogens is 3. The van der Waals surface area contributed by atoms with Crippen LogP contribution in [0.4, 0.5) is 0 Å². The highest BCUT2D eigenvalue weighted by molar-refractivity contribution is 5.52. The standard InChI is InChI=1S/C11H15NO.C10H12.C7H12N2O.C4H10.4C2H6/c1-9-3-2-4-11(12-9)10-5-7-13-8-6-10;1-3-6-10-8-5-4-7-9(10)2;1-5(2)9-6(3)4-7(10)8-9;1-4(2)3;4*1-2/h2-4,10H,5-8H2,1H3;3-8H,1-2H3;4-5H,1-3H3,(H,8,10);4H,1-3H3;4*1-2H3/b;6-3-;;;;;;. The number of ether oxygens (including phenoxy) is 1. The number of H-pyrrole nitrogens is 1. The molecule has 0 spiro atoms. The van der Waals surface area contributed by atoms with Crippen LogP contribution >= 0.6 is 0 Å². The molecule has 5 heteroatoms. The molecule has 1 N–H and O–H groups in total. The second kappa shape index (κ2) is 34.0. The Bertz CT molecular complexity index is 1100. The van der Waals surface area contributed by atoms with Gasteiger partial charge < -0.3 is 4.74 Å². The summed E-state index contributed by atoms with van der Waals surface area (Å²) in [7, 11) is 0. The van der Waals surface area contributed by atoms with Gasteiger partial charge in [-0.25, -0.2) is 0 Å². The molecule has 1 aliphatic heterocycles. The summed E-state index contributed by atoms with van der Waals surface area (Å²) < 4.78 is 7.17. The molecule has 3 heterocycles. The second-order valence-electron chi connectivity index (χ2n) is 10.4. The minimum atomic E-state index is -0.0220. The van der Waals surface area contributed by atoms with Crippen molar-refractivity contribution in [2.75, 3.05) is 13.2 Å². The number of nitrogens with one attached hydrogen (secondary N) is 1. The van der Waals surface area contributed by atoms with Crippen LogP contribution in [0, 0.1) is 26.7 Å². The van der Waals surface area contributed by atoms with Crippen molar-refractivity contribution in [3.05, 3.63) is 93.2 Å². The average Bonchev–Trinajstić information content (AvgIpc) is 3.41. The predicted molar refractivity (Wildman–Crippen MR) is 204 cm³/mol. The van der Waals surface area contributed by atoms with Crippen molar-refractivity contribution < 1.29 is 4.74 Å². The van der Waals surface area contributed by atoms with E-state index in [1.807, 2.05) is 101 Å². The molecule has 0 atom stereocenters. The molecule has 0 amide bonds. The highest BCUT2D eigenvalue weighted by Gasteiger charge is 2.16. The van der Waals surface area contributed by atoms with Gasteiger partial charge in [-0.2, -0.15) is 0 Å². The van der Waals surface area contributed by atoms with Crippen LogP contribution in [0.25, 0.3) is 6.08 Å². The molecule has 2 aromatic heterocycles. The molecule has 0 bridgehead atoms. The van der Waals surface area contributed by atoms with Gasteiger partial charge in [-0.3, -0.25) is 19.6 Å². The molecular formula is C40H73N3O2. The summed E-state index contributed by atoms with van der Waals surface area (Å²) in [6, 6.07) is 16.6. The lowest BCUT2D eigenvalue weighted by molar-refractivity contribution is 0.0845. The third-order valence-electron chi connectivity index (χ3n) is 5.55. The van der Waals surface area contributed by atoms with E-state index < -0.39 is 0 Å². The molecule has 45 heavy (non-hydrogen) atoms. The first-order chi connectivity index (χ1) is 21.5. The first kappa shape index (κ1) is 49.0. The van der Waals surface area contributed by atoms with Crippen LogP contribution in [0.3, 0.4) is 0 Å². The molecule has 0 radical (unpaired) electrons. The largest absolute Gasteiger partial charge is 0.381 e. The van der Waals surface area contributed by atoms with Gasteiger partial charge in [0.15, 0.2) is 0 Å². The van der Waals surface area contributed by atoms with Gasteiger partial charge in [-0.1, -0.05) is 119 Å². The monoisotopic (exact) mass is 628 g/mol. The molecule has 4 rings (SSSR count). The zero-order chi connectivity index (χ0) is 35.8. The molecule has 1 fully saturated rings. The minimum absolute atomic E-state index is 0.0220. The lowest BCUT2D eigenvalue weighted by Gasteiger charge is -2.21. The van der Waals surface area contributed by atoms with Gasteiger partial charge in [0.1, 0.15) is 0 Å². The van der Waals surface area contributed by atoms with E-state index in [1.165, 1.54) is 16.8 Å². The fourth-order valence-corrected chi connectivity index (χ4v) is 3.77. The van der Waals surface area contributed by atoms with E-state index in [1.54, 1.807) is 6.07 Å². The van der Waals surface area contributed by atoms with Crippen molar-refractivity contribution in [2.24, 2.45) is 5.92 Å². The topological polar surface area (TPSA) is 59.9 Å². The molecular weight excluding hydrogens is 554 g/mol. The van der Waals surface area contributed by atoms with Gasteiger partial charge in [0.05, 0.1) is 0 Å². The zero-order valence-electron chi connectivity index (χ0n) is 32.5. The molecule has 0 aliphatic carbocycles. The summed E-state index contributed by atoms with van der Waals surface area (Å²) in [5.41, 5.74) is 5.96. The van der Waals surface area contributed by atoms with E-state index in [0.717, 1.165) is 43.4 Å². The Labute approximate surface area is 279 Å². The Hall–Kier alpha value is -2.92. The zero-order valence-corrected chi connectivity index (χ0v) is 32.5. The van der Waals surface area contributed by atoms with Gasteiger partial charge in [0, 0.05) is 48.3 Å². The SMILES string of the molecule is C/C=C\c1ccccc1C.CC.CC.CC.CC.CC(C)C.Cc1cc(=O)[nH]n1C(C)C.Cc1cccc(C2CCOCC2)n1. The van der Waals surface area contributed by atoms with Crippen LogP contribution in [0.1, 0.15) is 150 Å². The van der Waals surface area contributed by atoms with Gasteiger partial charge in [0.25, 0.3) is 5.56 Å². The number of benzene rings is 1. The van der Waals surface area contributed by atoms with Crippen molar-refractivity contribution in [3.63, 3.8) is 0 Å². The maximum atomic E-state index is 10.7. The Balaban J connectivity index is -0.000000241. The van der Waals surface area contributed by atoms with Crippen molar-refractivity contribution in [2.45, 2.75) is 143 Å². The van der Waals surface area contributed by atoms with E-state index in [4.69, 9.17) is 4.74 Å². The highest BCUT2D eigenvalue weighted by Crippen LogP contribution is 2.25. The van der Waals surface area contributed by atoms with E-state index >= 15 is 0 Å². The van der Waals surface area contributed by atoms with Gasteiger partial charge >= 0.3 is 0 Å². The maximum Gasteiger partial charge on any atom is 0.264 e. The van der Waals surface area contributed by atoms with E-state index in [9.17, 15) is 4.79 Å². The number of hydrogen-bond acceptors (Lipinski definition) is 3. The van der Waals surface area contributed by atoms with Crippen molar-refractivity contribution in [1.82, 2.24) is 14.8 Å². The summed E-state index contributed by atoms with van der Waals surface area (Å²) in [5.74, 6) is 1.45. The Kier molecular flexibility index (Phi) is 37.0. The lowest BCUT2D eigenvalue weighted by atomic mass is 9.96. The third-order valence-corrected chi connectivity index (χ3v) is 5.55. The summed E-state index contributed by atoms with van der Waals surface area (Å²) in [4.78, 5) is 15.3. The normalized spacial score (nSPS) is 11.5. The first-order valence-electron chi connectivity index (χ1n) is 17.5. The molecule has 260 valence electrons. The van der Waals surface area contributed by atoms with Crippen LogP contribution < -0.4 is 5.56 Å². The Morgan fingerprint density at radius 2 is 1.33 bits per heavy atom. The summed E-state index contributed by atoms with van der Waals surface area (Å²) in [5, 5.41) is 2.70. The summed E-state index contributed by atoms with van der Waals surface area (Å²) in [6.07, 6.45) is 6.42. The molecule has 0 unspecified atom stereocenters. The summed E-state index contributed by atoms with van der Waals surface area (Å²) >= 11 is 0. The molecule has 1 saturated heterocycles. The number of aromatic amines is 1. The molecule has 0 saturated carbocycles. The van der Waals surface area contributed by atoms with Crippen molar-refractivity contribution >= 4 is 6.08 Å². The number of nitrogens with zero attached hydrogens (tertiary/aromatic N) is 2. The van der Waals surface area contributed by atoms with Gasteiger partial charge in [0.2, 0.25) is 0 Å². The molecule has 5 nitrogen and oxygen atoms in total. The third kappa shape index (κ3) is 26.0. The number of allylic oxidation sites excluding steroid dienone is 1.